The summed E-state index contributed by atoms with van der Waals surface area (Å²) in [6.07, 6.45) is 0. The standard InChI is InChI=1S/C9H7BrClN5O/c10-8-14-9(13)15-16(8)4-1-2-5(7(12)17)6(11)3-4/h1-3H,(H2,12,17)(H2,13,15). The molecule has 1 aromatic heterocycles. The van der Waals surface area contributed by atoms with Crippen molar-refractivity contribution in [2.45, 2.75) is 0 Å². The summed E-state index contributed by atoms with van der Waals surface area (Å²) in [6.45, 7) is 0. The number of amides is 1. The Balaban J connectivity index is 2.51. The Morgan fingerprint density at radius 2 is 2.18 bits per heavy atom. The summed E-state index contributed by atoms with van der Waals surface area (Å²) >= 11 is 9.12. The fourth-order valence-electron chi connectivity index (χ4n) is 1.31. The molecule has 4 N–H and O–H groups in total. The summed E-state index contributed by atoms with van der Waals surface area (Å²) in [5, 5.41) is 4.20. The molecule has 8 heteroatoms. The van der Waals surface area contributed by atoms with Gasteiger partial charge in [0.05, 0.1) is 16.3 Å². The van der Waals surface area contributed by atoms with Crippen molar-refractivity contribution in [2.24, 2.45) is 5.73 Å². The Bertz CT molecular complexity index is 597. The number of carbonyl (C=O) groups is 1. The molecule has 1 amide bonds. The highest BCUT2D eigenvalue weighted by Crippen LogP contribution is 2.22. The molecular formula is C9H7BrClN5O. The summed E-state index contributed by atoms with van der Waals surface area (Å²) in [6, 6.07) is 4.72. The molecule has 0 aliphatic carbocycles. The van der Waals surface area contributed by atoms with Crippen molar-refractivity contribution in [3.05, 3.63) is 33.5 Å². The summed E-state index contributed by atoms with van der Waals surface area (Å²) in [5.74, 6) is -0.453. The number of nitrogens with two attached hydrogens (primary N) is 2. The molecule has 6 nitrogen and oxygen atoms in total. The van der Waals surface area contributed by atoms with Crippen LogP contribution in [0.25, 0.3) is 5.69 Å². The number of benzene rings is 1. The van der Waals surface area contributed by atoms with Crippen molar-refractivity contribution in [1.29, 1.82) is 0 Å². The monoisotopic (exact) mass is 315 g/mol. The molecule has 1 aromatic carbocycles. The zero-order chi connectivity index (χ0) is 12.6. The van der Waals surface area contributed by atoms with Gasteiger partial charge in [-0.1, -0.05) is 11.6 Å². The van der Waals surface area contributed by atoms with E-state index in [-0.39, 0.29) is 16.5 Å². The normalized spacial score (nSPS) is 10.5. The molecule has 1 heterocycles. The van der Waals surface area contributed by atoms with Gasteiger partial charge in [-0.25, -0.2) is 4.68 Å². The van der Waals surface area contributed by atoms with Crippen LogP contribution in [0.1, 0.15) is 10.4 Å². The van der Waals surface area contributed by atoms with Gasteiger partial charge in [-0.05, 0) is 34.1 Å². The molecule has 17 heavy (non-hydrogen) atoms. The van der Waals surface area contributed by atoms with E-state index in [1.807, 2.05) is 0 Å². The number of hydrogen-bond acceptors (Lipinski definition) is 4. The van der Waals surface area contributed by atoms with Crippen LogP contribution >= 0.6 is 27.5 Å². The van der Waals surface area contributed by atoms with Crippen LogP contribution < -0.4 is 11.5 Å². The molecule has 0 saturated carbocycles. The number of halogens is 2. The summed E-state index contributed by atoms with van der Waals surface area (Å²) in [4.78, 5) is 14.9. The molecule has 0 saturated heterocycles. The van der Waals surface area contributed by atoms with Gasteiger partial charge in [0.25, 0.3) is 0 Å². The Labute approximate surface area is 110 Å². The number of carbonyl (C=O) groups excluding carboxylic acids is 1. The van der Waals surface area contributed by atoms with E-state index in [2.05, 4.69) is 26.0 Å². The number of nitrogen functional groups attached to an aromatic ring is 1. The maximum Gasteiger partial charge on any atom is 0.250 e. The van der Waals surface area contributed by atoms with E-state index in [0.29, 0.717) is 10.4 Å². The summed E-state index contributed by atoms with van der Waals surface area (Å²) in [5.41, 5.74) is 11.5. The lowest BCUT2D eigenvalue weighted by molar-refractivity contribution is 0.100. The first kappa shape index (κ1) is 11.9. The molecule has 0 unspecified atom stereocenters. The van der Waals surface area contributed by atoms with Crippen molar-refractivity contribution < 1.29 is 4.79 Å². The number of rotatable bonds is 2. The molecular weight excluding hydrogens is 309 g/mol. The molecule has 0 aliphatic rings. The van der Waals surface area contributed by atoms with Gasteiger partial charge in [0.15, 0.2) is 0 Å². The predicted molar refractivity (Wildman–Crippen MR) is 67.0 cm³/mol. The van der Waals surface area contributed by atoms with E-state index in [4.69, 9.17) is 23.1 Å². The highest BCUT2D eigenvalue weighted by molar-refractivity contribution is 9.10. The second-order valence-corrected chi connectivity index (χ2v) is 4.30. The maximum atomic E-state index is 11.0. The van der Waals surface area contributed by atoms with Crippen LogP contribution in [0.2, 0.25) is 5.02 Å². The van der Waals surface area contributed by atoms with Gasteiger partial charge in [-0.2, -0.15) is 4.98 Å². The molecule has 0 atom stereocenters. The lowest BCUT2D eigenvalue weighted by atomic mass is 10.2. The van der Waals surface area contributed by atoms with Crippen LogP contribution in [0.3, 0.4) is 0 Å². The van der Waals surface area contributed by atoms with E-state index < -0.39 is 5.91 Å². The maximum absolute atomic E-state index is 11.0. The van der Waals surface area contributed by atoms with Gasteiger partial charge in [-0.3, -0.25) is 4.79 Å². The SMILES string of the molecule is NC(=O)c1ccc(-n2nc(N)nc2Br)cc1Cl. The fourth-order valence-corrected chi connectivity index (χ4v) is 2.04. The van der Waals surface area contributed by atoms with E-state index in [1.54, 1.807) is 12.1 Å². The van der Waals surface area contributed by atoms with Crippen LogP contribution in [-0.4, -0.2) is 20.7 Å². The summed E-state index contributed by atoms with van der Waals surface area (Å²) in [7, 11) is 0. The second-order valence-electron chi connectivity index (χ2n) is 3.18. The molecule has 0 spiro atoms. The number of nitrogens with zero attached hydrogens (tertiary/aromatic N) is 3. The zero-order valence-electron chi connectivity index (χ0n) is 8.39. The third-order valence-corrected chi connectivity index (χ3v) is 2.87. The predicted octanol–water partition coefficient (Wildman–Crippen LogP) is 1.36. The average molecular weight is 317 g/mol. The average Bonchev–Trinajstić information content (AvgIpc) is 2.57. The molecule has 0 bridgehead atoms. The molecule has 0 radical (unpaired) electrons. The number of aromatic nitrogens is 3. The third kappa shape index (κ3) is 2.25. The Morgan fingerprint density at radius 1 is 1.47 bits per heavy atom. The highest BCUT2D eigenvalue weighted by atomic mass is 79.9. The van der Waals surface area contributed by atoms with Gasteiger partial charge in [0.1, 0.15) is 0 Å². The topological polar surface area (TPSA) is 99.8 Å². The molecule has 88 valence electrons. The fraction of sp³-hybridized carbons (Fsp3) is 0. The largest absolute Gasteiger partial charge is 0.366 e. The van der Waals surface area contributed by atoms with Crippen LogP contribution in [0.4, 0.5) is 5.95 Å². The van der Waals surface area contributed by atoms with Crippen molar-refractivity contribution in [3.63, 3.8) is 0 Å². The van der Waals surface area contributed by atoms with Gasteiger partial charge in [-0.15, -0.1) is 5.10 Å². The highest BCUT2D eigenvalue weighted by Gasteiger charge is 2.11. The minimum absolute atomic E-state index is 0.131. The van der Waals surface area contributed by atoms with E-state index in [0.717, 1.165) is 0 Å². The van der Waals surface area contributed by atoms with Gasteiger partial charge >= 0.3 is 0 Å². The van der Waals surface area contributed by atoms with Crippen LogP contribution in [0.5, 0.6) is 0 Å². The Hall–Kier alpha value is -1.60. The molecule has 0 aliphatic heterocycles. The third-order valence-electron chi connectivity index (χ3n) is 2.05. The quantitative estimate of drug-likeness (QED) is 0.873. The van der Waals surface area contributed by atoms with Gasteiger partial charge in [0, 0.05) is 0 Å². The van der Waals surface area contributed by atoms with Crippen molar-refractivity contribution in [2.75, 3.05) is 5.73 Å². The molecule has 0 fully saturated rings. The van der Waals surface area contributed by atoms with E-state index in [9.17, 15) is 4.79 Å². The first-order chi connectivity index (χ1) is 7.99. The Morgan fingerprint density at radius 3 is 2.65 bits per heavy atom. The second kappa shape index (κ2) is 4.34. The lowest BCUT2D eigenvalue weighted by Crippen LogP contribution is -2.11. The zero-order valence-corrected chi connectivity index (χ0v) is 10.7. The first-order valence-corrected chi connectivity index (χ1v) is 5.64. The minimum Gasteiger partial charge on any atom is -0.366 e. The molecule has 2 rings (SSSR count). The van der Waals surface area contributed by atoms with Crippen LogP contribution in [-0.2, 0) is 0 Å². The first-order valence-electron chi connectivity index (χ1n) is 4.47. The number of primary amides is 1. The van der Waals surface area contributed by atoms with Crippen molar-refractivity contribution in [3.8, 4) is 5.69 Å². The molecule has 2 aromatic rings. The Kier molecular flexibility index (Phi) is 3.03. The summed E-state index contributed by atoms with van der Waals surface area (Å²) < 4.78 is 1.89. The van der Waals surface area contributed by atoms with E-state index >= 15 is 0 Å². The van der Waals surface area contributed by atoms with Gasteiger partial charge in [0.2, 0.25) is 16.6 Å². The van der Waals surface area contributed by atoms with E-state index in [1.165, 1.54) is 10.7 Å². The van der Waals surface area contributed by atoms with Crippen molar-refractivity contribution in [1.82, 2.24) is 14.8 Å². The van der Waals surface area contributed by atoms with Gasteiger partial charge < -0.3 is 11.5 Å². The lowest BCUT2D eigenvalue weighted by Gasteiger charge is -2.04. The number of hydrogen-bond donors (Lipinski definition) is 2. The minimum atomic E-state index is -0.585. The van der Waals surface area contributed by atoms with Crippen LogP contribution in [0.15, 0.2) is 22.9 Å². The van der Waals surface area contributed by atoms with Crippen molar-refractivity contribution >= 4 is 39.4 Å². The number of anilines is 1. The van der Waals surface area contributed by atoms with Crippen LogP contribution in [0, 0.1) is 0 Å². The smallest absolute Gasteiger partial charge is 0.250 e.